The van der Waals surface area contributed by atoms with Crippen molar-refractivity contribution >= 4 is 62.7 Å². The Morgan fingerprint density at radius 1 is 1.14 bits per heavy atom. The van der Waals surface area contributed by atoms with Crippen LogP contribution >= 0.6 is 27.5 Å². The molecule has 0 unspecified atom stereocenters. The van der Waals surface area contributed by atoms with Crippen molar-refractivity contribution in [3.63, 3.8) is 0 Å². The van der Waals surface area contributed by atoms with Gasteiger partial charge in [0, 0.05) is 4.47 Å². The SMILES string of the molecule is CCOc1cc(/C=C2/C(=O)NN(c3ccccc3)C2=O)c(Br)c(Cl)c1OCC(=O)Nc1ccccc1F. The molecule has 0 aromatic heterocycles. The number of nitrogens with one attached hydrogen (secondary N) is 2. The normalized spacial score (nSPS) is 14.1. The van der Waals surface area contributed by atoms with Crippen LogP contribution < -0.4 is 25.2 Å². The third-order valence-electron chi connectivity index (χ3n) is 5.16. The number of nitrogens with zero attached hydrogens (tertiary/aromatic N) is 1. The van der Waals surface area contributed by atoms with Crippen LogP contribution in [0.4, 0.5) is 15.8 Å². The molecule has 0 radical (unpaired) electrons. The molecule has 3 aromatic carbocycles. The average Bonchev–Trinajstić information content (AvgIpc) is 3.17. The molecule has 1 aliphatic rings. The van der Waals surface area contributed by atoms with Gasteiger partial charge in [0.25, 0.3) is 17.7 Å². The maximum atomic E-state index is 13.8. The second-order valence-corrected chi connectivity index (χ2v) is 8.82. The molecule has 3 amide bonds. The summed E-state index contributed by atoms with van der Waals surface area (Å²) in [6.45, 7) is 1.51. The van der Waals surface area contributed by atoms with Crippen molar-refractivity contribution in [2.45, 2.75) is 6.92 Å². The molecule has 1 saturated heterocycles. The van der Waals surface area contributed by atoms with Crippen LogP contribution in [0.1, 0.15) is 12.5 Å². The first-order chi connectivity index (χ1) is 17.8. The summed E-state index contributed by atoms with van der Waals surface area (Å²) in [4.78, 5) is 37.9. The molecule has 190 valence electrons. The Bertz CT molecular complexity index is 1400. The first-order valence-electron chi connectivity index (χ1n) is 11.0. The Labute approximate surface area is 225 Å². The topological polar surface area (TPSA) is 97.0 Å². The molecule has 3 aromatic rings. The molecule has 1 heterocycles. The Balaban J connectivity index is 1.59. The lowest BCUT2D eigenvalue weighted by molar-refractivity contribution is -0.118. The zero-order chi connectivity index (χ0) is 26.5. The second kappa shape index (κ2) is 11.4. The van der Waals surface area contributed by atoms with Gasteiger partial charge in [-0.05, 0) is 64.8 Å². The van der Waals surface area contributed by atoms with E-state index in [0.717, 1.165) is 5.01 Å². The van der Waals surface area contributed by atoms with E-state index in [-0.39, 0.29) is 34.4 Å². The van der Waals surface area contributed by atoms with Gasteiger partial charge in [0.1, 0.15) is 16.4 Å². The van der Waals surface area contributed by atoms with Crippen molar-refractivity contribution in [2.24, 2.45) is 0 Å². The van der Waals surface area contributed by atoms with Crippen molar-refractivity contribution in [3.8, 4) is 11.5 Å². The maximum absolute atomic E-state index is 13.8. The summed E-state index contributed by atoms with van der Waals surface area (Å²) in [5, 5.41) is 3.63. The molecule has 0 bridgehead atoms. The monoisotopic (exact) mass is 587 g/mol. The molecule has 0 aliphatic carbocycles. The number of carbonyl (C=O) groups excluding carboxylic acids is 3. The highest BCUT2D eigenvalue weighted by Crippen LogP contribution is 2.43. The smallest absolute Gasteiger partial charge is 0.282 e. The van der Waals surface area contributed by atoms with E-state index in [2.05, 4.69) is 26.7 Å². The highest BCUT2D eigenvalue weighted by molar-refractivity contribution is 9.10. The molecule has 1 aliphatic heterocycles. The van der Waals surface area contributed by atoms with Crippen molar-refractivity contribution < 1.29 is 28.2 Å². The molecule has 2 N–H and O–H groups in total. The summed E-state index contributed by atoms with van der Waals surface area (Å²) in [5.41, 5.74) is 3.32. The number of rotatable bonds is 8. The summed E-state index contributed by atoms with van der Waals surface area (Å²) in [6.07, 6.45) is 1.38. The van der Waals surface area contributed by atoms with E-state index in [4.69, 9.17) is 21.1 Å². The van der Waals surface area contributed by atoms with Crippen LogP contribution in [-0.4, -0.2) is 30.9 Å². The minimum Gasteiger partial charge on any atom is -0.490 e. The third kappa shape index (κ3) is 5.76. The summed E-state index contributed by atoms with van der Waals surface area (Å²) in [5.74, 6) is -2.07. The van der Waals surface area contributed by atoms with Gasteiger partial charge in [0.15, 0.2) is 18.1 Å². The van der Waals surface area contributed by atoms with Crippen LogP contribution in [0.15, 0.2) is 70.7 Å². The standard InChI is InChI=1S/C26H20BrClFN3O5/c1-2-36-20-13-15(12-17-25(34)31-32(26(17)35)16-8-4-3-5-9-16)22(27)23(28)24(20)37-14-21(33)30-19-11-7-6-10-18(19)29/h3-13H,2,14H2,1H3,(H,30,33)(H,31,34)/b17-12-. The van der Waals surface area contributed by atoms with E-state index in [1.807, 2.05) is 0 Å². The number of anilines is 2. The fraction of sp³-hybridized carbons (Fsp3) is 0.115. The summed E-state index contributed by atoms with van der Waals surface area (Å²) >= 11 is 9.90. The van der Waals surface area contributed by atoms with E-state index in [0.29, 0.717) is 15.7 Å². The minimum atomic E-state index is -0.611. The number of hydrogen-bond donors (Lipinski definition) is 2. The van der Waals surface area contributed by atoms with Crippen molar-refractivity contribution in [1.82, 2.24) is 5.43 Å². The minimum absolute atomic E-state index is 0.0134. The third-order valence-corrected chi connectivity index (χ3v) is 6.60. The highest BCUT2D eigenvalue weighted by Gasteiger charge is 2.34. The van der Waals surface area contributed by atoms with Gasteiger partial charge < -0.3 is 14.8 Å². The molecule has 1 fully saturated rings. The molecule has 8 nitrogen and oxygen atoms in total. The predicted octanol–water partition coefficient (Wildman–Crippen LogP) is 5.12. The van der Waals surface area contributed by atoms with E-state index in [9.17, 15) is 18.8 Å². The molecule has 0 spiro atoms. The van der Waals surface area contributed by atoms with Crippen molar-refractivity contribution in [2.75, 3.05) is 23.5 Å². The van der Waals surface area contributed by atoms with Crippen LogP contribution in [0.2, 0.25) is 5.02 Å². The van der Waals surface area contributed by atoms with Crippen LogP contribution in [-0.2, 0) is 14.4 Å². The number of carbonyl (C=O) groups is 3. The Morgan fingerprint density at radius 2 is 1.84 bits per heavy atom. The van der Waals surface area contributed by atoms with Crippen LogP contribution in [0.25, 0.3) is 6.08 Å². The summed E-state index contributed by atoms with van der Waals surface area (Å²) in [7, 11) is 0. The molecule has 4 rings (SSSR count). The van der Waals surface area contributed by atoms with Gasteiger partial charge in [-0.1, -0.05) is 41.9 Å². The summed E-state index contributed by atoms with van der Waals surface area (Å²) in [6, 6.07) is 15.9. The molecular weight excluding hydrogens is 569 g/mol. The molecule has 37 heavy (non-hydrogen) atoms. The van der Waals surface area contributed by atoms with E-state index >= 15 is 0 Å². The fourth-order valence-corrected chi connectivity index (χ4v) is 4.13. The van der Waals surface area contributed by atoms with E-state index in [1.165, 1.54) is 30.3 Å². The highest BCUT2D eigenvalue weighted by atomic mass is 79.9. The largest absolute Gasteiger partial charge is 0.490 e. The molecule has 0 atom stereocenters. The number of hydrazine groups is 1. The van der Waals surface area contributed by atoms with Gasteiger partial charge in [-0.2, -0.15) is 0 Å². The number of hydrogen-bond acceptors (Lipinski definition) is 5. The lowest BCUT2D eigenvalue weighted by Gasteiger charge is -2.16. The van der Waals surface area contributed by atoms with Gasteiger partial charge in [0.2, 0.25) is 0 Å². The summed E-state index contributed by atoms with van der Waals surface area (Å²) < 4.78 is 25.4. The Hall–Kier alpha value is -3.89. The Kier molecular flexibility index (Phi) is 8.10. The zero-order valence-electron chi connectivity index (χ0n) is 19.4. The van der Waals surface area contributed by atoms with E-state index < -0.39 is 30.1 Å². The van der Waals surface area contributed by atoms with E-state index in [1.54, 1.807) is 43.3 Å². The lowest BCUT2D eigenvalue weighted by atomic mass is 10.1. The fourth-order valence-electron chi connectivity index (χ4n) is 3.47. The van der Waals surface area contributed by atoms with Crippen LogP contribution in [0.5, 0.6) is 11.5 Å². The second-order valence-electron chi connectivity index (χ2n) is 7.65. The van der Waals surface area contributed by atoms with Crippen molar-refractivity contribution in [3.05, 3.63) is 87.1 Å². The average molecular weight is 589 g/mol. The van der Waals surface area contributed by atoms with Crippen LogP contribution in [0, 0.1) is 5.82 Å². The van der Waals surface area contributed by atoms with Crippen LogP contribution in [0.3, 0.4) is 0 Å². The van der Waals surface area contributed by atoms with Crippen molar-refractivity contribution in [1.29, 1.82) is 0 Å². The number of amides is 3. The number of ether oxygens (including phenoxy) is 2. The quantitative estimate of drug-likeness (QED) is 0.281. The van der Waals surface area contributed by atoms with Gasteiger partial charge >= 0.3 is 0 Å². The predicted molar refractivity (Wildman–Crippen MR) is 141 cm³/mol. The van der Waals surface area contributed by atoms with Gasteiger partial charge in [-0.15, -0.1) is 0 Å². The first kappa shape index (κ1) is 26.2. The molecule has 0 saturated carbocycles. The molecular formula is C26H20BrClFN3O5. The first-order valence-corrected chi connectivity index (χ1v) is 12.2. The lowest BCUT2D eigenvalue weighted by Crippen LogP contribution is -2.35. The zero-order valence-corrected chi connectivity index (χ0v) is 21.7. The number of para-hydroxylation sites is 2. The van der Waals surface area contributed by atoms with Gasteiger partial charge in [-0.25, -0.2) is 9.40 Å². The van der Waals surface area contributed by atoms with Gasteiger partial charge in [0.05, 0.1) is 18.0 Å². The number of halogens is 3. The Morgan fingerprint density at radius 3 is 2.54 bits per heavy atom. The molecule has 11 heteroatoms. The van der Waals surface area contributed by atoms with Gasteiger partial charge in [-0.3, -0.25) is 19.8 Å². The number of benzene rings is 3. The maximum Gasteiger partial charge on any atom is 0.282 e.